The lowest BCUT2D eigenvalue weighted by Gasteiger charge is -2.14. The van der Waals surface area contributed by atoms with Crippen molar-refractivity contribution in [2.45, 2.75) is 12.1 Å². The molecule has 0 saturated carbocycles. The Morgan fingerprint density at radius 2 is 1.66 bits per heavy atom. The molecule has 1 aliphatic heterocycles. The lowest BCUT2D eigenvalue weighted by atomic mass is 9.90. The number of carbonyl (C=O) groups excluding carboxylic acids is 1. The minimum absolute atomic E-state index is 0.267. The summed E-state index contributed by atoms with van der Waals surface area (Å²) < 4.78 is 38.5. The van der Waals surface area contributed by atoms with E-state index in [1.54, 1.807) is 18.2 Å². The fourth-order valence-corrected chi connectivity index (χ4v) is 3.45. The van der Waals surface area contributed by atoms with E-state index in [1.807, 2.05) is 30.3 Å². The minimum atomic E-state index is -4.42. The van der Waals surface area contributed by atoms with Gasteiger partial charge in [-0.1, -0.05) is 48.0 Å². The minimum Gasteiger partial charge on any atom is -0.325 e. The fraction of sp³-hybridized carbons (Fsp3) is 0.0909. The zero-order chi connectivity index (χ0) is 20.6. The molecular weight excluding hydrogens is 401 g/mol. The smallest absolute Gasteiger partial charge is 0.325 e. The number of anilines is 1. The molecule has 29 heavy (non-hydrogen) atoms. The second kappa shape index (κ2) is 7.37. The van der Waals surface area contributed by atoms with E-state index in [1.165, 1.54) is 12.1 Å². The highest BCUT2D eigenvalue weighted by Gasteiger charge is 2.35. The number of hydrogen-bond donors (Lipinski definition) is 1. The largest absolute Gasteiger partial charge is 0.416 e. The van der Waals surface area contributed by atoms with Gasteiger partial charge in [-0.15, -0.1) is 0 Å². The van der Waals surface area contributed by atoms with Crippen LogP contribution in [0.2, 0.25) is 5.02 Å². The quantitative estimate of drug-likeness (QED) is 0.508. The van der Waals surface area contributed by atoms with E-state index in [9.17, 15) is 18.0 Å². The zero-order valence-corrected chi connectivity index (χ0v) is 15.6. The van der Waals surface area contributed by atoms with Crippen LogP contribution in [0.25, 0.3) is 0 Å². The highest BCUT2D eigenvalue weighted by atomic mass is 35.5. The van der Waals surface area contributed by atoms with Crippen molar-refractivity contribution >= 4 is 34.6 Å². The van der Waals surface area contributed by atoms with E-state index in [4.69, 9.17) is 11.6 Å². The summed E-state index contributed by atoms with van der Waals surface area (Å²) in [7, 11) is 0. The molecule has 1 unspecified atom stereocenters. The summed E-state index contributed by atoms with van der Waals surface area (Å²) in [5, 5.41) is 3.29. The van der Waals surface area contributed by atoms with Gasteiger partial charge in [0.2, 0.25) is 5.91 Å². The molecule has 1 amide bonds. The third-order valence-corrected chi connectivity index (χ3v) is 4.87. The SMILES string of the molecule is O=C1Nc2cc(Cl)ccc2C1C(=Nc1ccc(C(F)(F)F)cc1)c1ccccc1. The standard InChI is InChI=1S/C22H14ClF3N2O/c23-15-8-11-17-18(12-15)28-21(29)19(17)20(13-4-2-1-3-5-13)27-16-9-6-14(7-10-16)22(24,25)26/h1-12,19H,(H,28,29). The number of alkyl halides is 3. The molecule has 1 aliphatic rings. The van der Waals surface area contributed by atoms with E-state index in [0.717, 1.165) is 12.1 Å². The first-order valence-electron chi connectivity index (χ1n) is 8.74. The van der Waals surface area contributed by atoms with Gasteiger partial charge in [-0.3, -0.25) is 9.79 Å². The van der Waals surface area contributed by atoms with Crippen molar-refractivity contribution in [1.82, 2.24) is 0 Å². The molecule has 0 aliphatic carbocycles. The maximum absolute atomic E-state index is 12.8. The first kappa shape index (κ1) is 19.2. The molecule has 0 bridgehead atoms. The molecule has 0 fully saturated rings. The van der Waals surface area contributed by atoms with E-state index in [2.05, 4.69) is 10.3 Å². The van der Waals surface area contributed by atoms with Gasteiger partial charge in [-0.05, 0) is 47.5 Å². The Labute approximate surface area is 169 Å². The number of benzene rings is 3. The third-order valence-electron chi connectivity index (χ3n) is 4.63. The summed E-state index contributed by atoms with van der Waals surface area (Å²) in [6.45, 7) is 0. The maximum Gasteiger partial charge on any atom is 0.416 e. The van der Waals surface area contributed by atoms with Crippen LogP contribution in [0.3, 0.4) is 0 Å². The average molecular weight is 415 g/mol. The van der Waals surface area contributed by atoms with Crippen LogP contribution in [0.4, 0.5) is 24.5 Å². The van der Waals surface area contributed by atoms with E-state index < -0.39 is 17.7 Å². The highest BCUT2D eigenvalue weighted by molar-refractivity contribution is 6.31. The average Bonchev–Trinajstić information content (AvgIpc) is 3.01. The van der Waals surface area contributed by atoms with Gasteiger partial charge in [-0.25, -0.2) is 0 Å². The van der Waals surface area contributed by atoms with Gasteiger partial charge in [-0.2, -0.15) is 13.2 Å². The molecule has 3 aromatic carbocycles. The molecule has 3 nitrogen and oxygen atoms in total. The van der Waals surface area contributed by atoms with Gasteiger partial charge in [0.15, 0.2) is 0 Å². The summed E-state index contributed by atoms with van der Waals surface area (Å²) >= 11 is 6.02. The molecule has 1 heterocycles. The molecular formula is C22H14ClF3N2O. The molecule has 3 aromatic rings. The van der Waals surface area contributed by atoms with E-state index in [0.29, 0.717) is 33.2 Å². The second-order valence-corrected chi connectivity index (χ2v) is 7.00. The van der Waals surface area contributed by atoms with Crippen LogP contribution >= 0.6 is 11.6 Å². The first-order valence-corrected chi connectivity index (χ1v) is 9.12. The van der Waals surface area contributed by atoms with Crippen LogP contribution in [0.5, 0.6) is 0 Å². The van der Waals surface area contributed by atoms with Gasteiger partial charge in [0, 0.05) is 10.7 Å². The number of fused-ring (bicyclic) bond motifs is 1. The molecule has 0 radical (unpaired) electrons. The molecule has 7 heteroatoms. The number of halogens is 4. The number of nitrogens with zero attached hydrogens (tertiary/aromatic N) is 1. The predicted octanol–water partition coefficient (Wildman–Crippen LogP) is 6.22. The predicted molar refractivity (Wildman–Crippen MR) is 107 cm³/mol. The summed E-state index contributed by atoms with van der Waals surface area (Å²) in [6.07, 6.45) is -4.42. The lowest BCUT2D eigenvalue weighted by Crippen LogP contribution is -2.21. The number of aliphatic imine (C=N–C) groups is 1. The van der Waals surface area contributed by atoms with Crippen LogP contribution in [0, 0.1) is 0 Å². The Bertz CT molecular complexity index is 1090. The number of nitrogens with one attached hydrogen (secondary N) is 1. The van der Waals surface area contributed by atoms with Crippen LogP contribution in [-0.4, -0.2) is 11.6 Å². The number of amides is 1. The zero-order valence-electron chi connectivity index (χ0n) is 14.9. The maximum atomic E-state index is 12.8. The van der Waals surface area contributed by atoms with E-state index in [-0.39, 0.29) is 5.91 Å². The summed E-state index contributed by atoms with van der Waals surface area (Å²) in [6, 6.07) is 18.7. The number of rotatable bonds is 3. The summed E-state index contributed by atoms with van der Waals surface area (Å²) in [5.41, 5.74) is 2.04. The summed E-state index contributed by atoms with van der Waals surface area (Å²) in [5.74, 6) is -0.969. The van der Waals surface area contributed by atoms with Gasteiger partial charge >= 0.3 is 6.18 Å². The Morgan fingerprint density at radius 3 is 2.31 bits per heavy atom. The Balaban J connectivity index is 1.82. The monoisotopic (exact) mass is 414 g/mol. The molecule has 0 aromatic heterocycles. The Kier molecular flexibility index (Phi) is 4.88. The van der Waals surface area contributed by atoms with Crippen molar-refractivity contribution in [3.8, 4) is 0 Å². The van der Waals surface area contributed by atoms with Crippen LogP contribution < -0.4 is 5.32 Å². The highest BCUT2D eigenvalue weighted by Crippen LogP contribution is 2.38. The van der Waals surface area contributed by atoms with Crippen LogP contribution in [0.15, 0.2) is 77.8 Å². The van der Waals surface area contributed by atoms with Crippen molar-refractivity contribution in [1.29, 1.82) is 0 Å². The van der Waals surface area contributed by atoms with Gasteiger partial charge in [0.1, 0.15) is 5.92 Å². The number of carbonyl (C=O) groups is 1. The normalized spacial score (nSPS) is 16.5. The molecule has 146 valence electrons. The van der Waals surface area contributed by atoms with Gasteiger partial charge in [0.25, 0.3) is 0 Å². The number of hydrogen-bond acceptors (Lipinski definition) is 2. The topological polar surface area (TPSA) is 41.5 Å². The van der Waals surface area contributed by atoms with Crippen molar-refractivity contribution in [3.05, 3.63) is 94.5 Å². The second-order valence-electron chi connectivity index (χ2n) is 6.56. The lowest BCUT2D eigenvalue weighted by molar-refractivity contribution is -0.137. The van der Waals surface area contributed by atoms with Gasteiger partial charge < -0.3 is 5.32 Å². The summed E-state index contributed by atoms with van der Waals surface area (Å²) in [4.78, 5) is 17.3. The molecule has 0 saturated heterocycles. The molecule has 1 N–H and O–H groups in total. The Morgan fingerprint density at radius 1 is 0.966 bits per heavy atom. The van der Waals surface area contributed by atoms with Crippen molar-refractivity contribution in [2.75, 3.05) is 5.32 Å². The third kappa shape index (κ3) is 3.89. The Hall–Kier alpha value is -3.12. The first-order chi connectivity index (χ1) is 13.8. The van der Waals surface area contributed by atoms with Gasteiger partial charge in [0.05, 0.1) is 17.0 Å². The fourth-order valence-electron chi connectivity index (χ4n) is 3.27. The van der Waals surface area contributed by atoms with Crippen LogP contribution in [0.1, 0.15) is 22.6 Å². The van der Waals surface area contributed by atoms with Crippen molar-refractivity contribution in [2.24, 2.45) is 4.99 Å². The van der Waals surface area contributed by atoms with E-state index >= 15 is 0 Å². The van der Waals surface area contributed by atoms with Crippen molar-refractivity contribution < 1.29 is 18.0 Å². The van der Waals surface area contributed by atoms with Crippen molar-refractivity contribution in [3.63, 3.8) is 0 Å². The molecule has 0 spiro atoms. The molecule has 1 atom stereocenters. The molecule has 4 rings (SSSR count). The van der Waals surface area contributed by atoms with Crippen LogP contribution in [-0.2, 0) is 11.0 Å².